The van der Waals surface area contributed by atoms with E-state index >= 15 is 0 Å². The van der Waals surface area contributed by atoms with E-state index in [2.05, 4.69) is 10.1 Å². The molecular weight excluding hydrogens is 436 g/mol. The SMILES string of the molecule is N#CCNC(=O)C(CC(=O)N1CCOCC1)CS(=O)(=O)Cc1ccccc1OC(F)F. The molecule has 1 N–H and O–H groups in total. The Balaban J connectivity index is 2.15. The van der Waals surface area contributed by atoms with Crippen molar-refractivity contribution in [2.45, 2.75) is 18.8 Å². The molecule has 2 rings (SSSR count). The Labute approximate surface area is 178 Å². The molecule has 0 aliphatic carbocycles. The van der Waals surface area contributed by atoms with Crippen LogP contribution in [0.2, 0.25) is 0 Å². The fourth-order valence-electron chi connectivity index (χ4n) is 3.09. The van der Waals surface area contributed by atoms with Crippen molar-refractivity contribution < 1.29 is 36.3 Å². The van der Waals surface area contributed by atoms with Crippen molar-refractivity contribution in [1.82, 2.24) is 10.2 Å². The van der Waals surface area contributed by atoms with E-state index in [1.54, 1.807) is 6.07 Å². The highest BCUT2D eigenvalue weighted by Crippen LogP contribution is 2.24. The maximum absolute atomic E-state index is 12.8. The van der Waals surface area contributed by atoms with Gasteiger partial charge in [0.05, 0.1) is 36.7 Å². The van der Waals surface area contributed by atoms with Crippen LogP contribution in [-0.4, -0.2) is 70.3 Å². The molecule has 12 heteroatoms. The quantitative estimate of drug-likeness (QED) is 0.511. The van der Waals surface area contributed by atoms with E-state index in [1.807, 2.05) is 0 Å². The molecule has 1 fully saturated rings. The molecule has 1 aromatic carbocycles. The van der Waals surface area contributed by atoms with Crippen molar-refractivity contribution in [2.24, 2.45) is 5.92 Å². The molecule has 2 amide bonds. The minimum atomic E-state index is -4.00. The van der Waals surface area contributed by atoms with Crippen LogP contribution in [0.3, 0.4) is 0 Å². The average molecular weight is 459 g/mol. The van der Waals surface area contributed by atoms with Crippen LogP contribution >= 0.6 is 0 Å². The van der Waals surface area contributed by atoms with Gasteiger partial charge in [-0.3, -0.25) is 9.59 Å². The van der Waals surface area contributed by atoms with E-state index in [4.69, 9.17) is 10.00 Å². The van der Waals surface area contributed by atoms with Crippen molar-refractivity contribution in [3.63, 3.8) is 0 Å². The molecule has 0 spiro atoms. The monoisotopic (exact) mass is 459 g/mol. The predicted molar refractivity (Wildman–Crippen MR) is 105 cm³/mol. The van der Waals surface area contributed by atoms with E-state index in [0.29, 0.717) is 26.3 Å². The largest absolute Gasteiger partial charge is 0.435 e. The fraction of sp³-hybridized carbons (Fsp3) is 0.526. The number of nitrogens with zero attached hydrogens (tertiary/aromatic N) is 2. The van der Waals surface area contributed by atoms with E-state index in [-0.39, 0.29) is 24.3 Å². The zero-order valence-electron chi connectivity index (χ0n) is 16.6. The lowest BCUT2D eigenvalue weighted by atomic mass is 10.1. The Kier molecular flexibility index (Phi) is 9.14. The standard InChI is InChI=1S/C19H23F2N3O6S/c20-19(21)30-16-4-2-1-3-14(16)12-31(27,28)13-15(18(26)23-6-5-22)11-17(25)24-7-9-29-10-8-24/h1-4,15,19H,6-13H2,(H,23,26). The average Bonchev–Trinajstić information content (AvgIpc) is 2.72. The number of carbonyl (C=O) groups excluding carboxylic acids is 2. The highest BCUT2D eigenvalue weighted by Gasteiger charge is 2.31. The van der Waals surface area contributed by atoms with Gasteiger partial charge in [0.15, 0.2) is 9.84 Å². The van der Waals surface area contributed by atoms with Crippen LogP contribution in [0.15, 0.2) is 24.3 Å². The number of nitrogens with one attached hydrogen (secondary N) is 1. The topological polar surface area (TPSA) is 126 Å². The molecule has 1 aliphatic heterocycles. The summed E-state index contributed by atoms with van der Waals surface area (Å²) in [6.45, 7) is -2.12. The summed E-state index contributed by atoms with van der Waals surface area (Å²) in [6, 6.07) is 7.17. The van der Waals surface area contributed by atoms with Crippen molar-refractivity contribution in [3.8, 4) is 11.8 Å². The summed E-state index contributed by atoms with van der Waals surface area (Å²) in [5.41, 5.74) is 0.0125. The number of para-hydroxylation sites is 1. The number of alkyl halides is 2. The van der Waals surface area contributed by atoms with Crippen molar-refractivity contribution in [2.75, 3.05) is 38.6 Å². The normalized spacial score (nSPS) is 15.2. The van der Waals surface area contributed by atoms with Crippen LogP contribution in [0.25, 0.3) is 0 Å². The third kappa shape index (κ3) is 8.10. The highest BCUT2D eigenvalue weighted by molar-refractivity contribution is 7.90. The Bertz CT molecular complexity index is 913. The first kappa shape index (κ1) is 24.5. The molecule has 1 saturated heterocycles. The third-order valence-corrected chi connectivity index (χ3v) is 6.18. The zero-order valence-corrected chi connectivity index (χ0v) is 17.4. The molecule has 31 heavy (non-hydrogen) atoms. The van der Waals surface area contributed by atoms with Crippen molar-refractivity contribution in [3.05, 3.63) is 29.8 Å². The van der Waals surface area contributed by atoms with Gasteiger partial charge in [0, 0.05) is 25.1 Å². The summed E-state index contributed by atoms with van der Waals surface area (Å²) >= 11 is 0. The lowest BCUT2D eigenvalue weighted by Crippen LogP contribution is -2.44. The lowest BCUT2D eigenvalue weighted by molar-refractivity contribution is -0.138. The summed E-state index contributed by atoms with van der Waals surface area (Å²) in [5.74, 6) is -4.01. The van der Waals surface area contributed by atoms with E-state index < -0.39 is 45.7 Å². The molecule has 1 aromatic rings. The number of ether oxygens (including phenoxy) is 2. The second-order valence-corrected chi connectivity index (χ2v) is 8.92. The van der Waals surface area contributed by atoms with Gasteiger partial charge in [0.1, 0.15) is 12.3 Å². The molecule has 0 bridgehead atoms. The minimum Gasteiger partial charge on any atom is -0.435 e. The van der Waals surface area contributed by atoms with E-state index in [9.17, 15) is 26.8 Å². The molecule has 1 heterocycles. The van der Waals surface area contributed by atoms with Crippen LogP contribution < -0.4 is 10.1 Å². The van der Waals surface area contributed by atoms with E-state index in [0.717, 1.165) is 0 Å². The molecule has 0 radical (unpaired) electrons. The van der Waals surface area contributed by atoms with Gasteiger partial charge in [-0.2, -0.15) is 14.0 Å². The summed E-state index contributed by atoms with van der Waals surface area (Å²) in [7, 11) is -4.00. The number of carbonyl (C=O) groups is 2. The molecule has 1 unspecified atom stereocenters. The summed E-state index contributed by atoms with van der Waals surface area (Å²) in [5, 5.41) is 10.9. The lowest BCUT2D eigenvalue weighted by Gasteiger charge is -2.28. The number of rotatable bonds is 10. The van der Waals surface area contributed by atoms with E-state index in [1.165, 1.54) is 29.2 Å². The number of nitriles is 1. The van der Waals surface area contributed by atoms with Crippen LogP contribution in [0.1, 0.15) is 12.0 Å². The molecule has 0 saturated carbocycles. The van der Waals surface area contributed by atoms with Gasteiger partial charge in [-0.25, -0.2) is 8.42 Å². The number of hydrogen-bond acceptors (Lipinski definition) is 7. The van der Waals surface area contributed by atoms with Crippen molar-refractivity contribution in [1.29, 1.82) is 5.26 Å². The first-order valence-electron chi connectivity index (χ1n) is 9.45. The fourth-order valence-corrected chi connectivity index (χ4v) is 4.80. The number of halogens is 2. The summed E-state index contributed by atoms with van der Waals surface area (Å²) in [6.07, 6.45) is -0.369. The smallest absolute Gasteiger partial charge is 0.387 e. The molecule has 1 atom stereocenters. The van der Waals surface area contributed by atoms with Crippen LogP contribution in [0.4, 0.5) is 8.78 Å². The van der Waals surface area contributed by atoms with Crippen LogP contribution in [0.5, 0.6) is 5.75 Å². The highest BCUT2D eigenvalue weighted by atomic mass is 32.2. The summed E-state index contributed by atoms with van der Waals surface area (Å²) < 4.78 is 60.2. The Morgan fingerprint density at radius 3 is 2.58 bits per heavy atom. The van der Waals surface area contributed by atoms with Gasteiger partial charge in [-0.1, -0.05) is 18.2 Å². The summed E-state index contributed by atoms with van der Waals surface area (Å²) in [4.78, 5) is 26.4. The van der Waals surface area contributed by atoms with Crippen LogP contribution in [-0.2, 0) is 29.9 Å². The minimum absolute atomic E-state index is 0.0125. The zero-order chi connectivity index (χ0) is 22.9. The first-order chi connectivity index (χ1) is 14.7. The first-order valence-corrected chi connectivity index (χ1v) is 11.3. The molecule has 0 aromatic heterocycles. The second kappa shape index (κ2) is 11.6. The van der Waals surface area contributed by atoms with Gasteiger partial charge >= 0.3 is 6.61 Å². The number of morpholine rings is 1. The van der Waals surface area contributed by atoms with Gasteiger partial charge in [0.2, 0.25) is 11.8 Å². The Morgan fingerprint density at radius 1 is 1.26 bits per heavy atom. The van der Waals surface area contributed by atoms with Gasteiger partial charge in [-0.15, -0.1) is 0 Å². The predicted octanol–water partition coefficient (Wildman–Crippen LogP) is 0.708. The second-order valence-electron chi connectivity index (χ2n) is 6.81. The van der Waals surface area contributed by atoms with Crippen LogP contribution in [0, 0.1) is 17.2 Å². The van der Waals surface area contributed by atoms with Gasteiger partial charge in [-0.05, 0) is 6.07 Å². The van der Waals surface area contributed by atoms with Gasteiger partial charge in [0.25, 0.3) is 0 Å². The number of amides is 2. The van der Waals surface area contributed by atoms with Crippen molar-refractivity contribution >= 4 is 21.7 Å². The molecule has 9 nitrogen and oxygen atoms in total. The Hall–Kier alpha value is -2.78. The molecule has 170 valence electrons. The number of sulfone groups is 1. The van der Waals surface area contributed by atoms with Gasteiger partial charge < -0.3 is 19.7 Å². The maximum Gasteiger partial charge on any atom is 0.387 e. The third-order valence-electron chi connectivity index (χ3n) is 4.52. The number of benzene rings is 1. The maximum atomic E-state index is 12.8. The molecule has 1 aliphatic rings. The number of hydrogen-bond donors (Lipinski definition) is 1. The Morgan fingerprint density at radius 2 is 1.94 bits per heavy atom. The molecular formula is C19H23F2N3O6S.